The monoisotopic (exact) mass is 371 g/mol. The van der Waals surface area contributed by atoms with Gasteiger partial charge < -0.3 is 20.1 Å². The summed E-state index contributed by atoms with van der Waals surface area (Å²) in [6, 6.07) is 6.04. The van der Waals surface area contributed by atoms with Crippen molar-refractivity contribution in [3.63, 3.8) is 0 Å². The number of benzene rings is 1. The summed E-state index contributed by atoms with van der Waals surface area (Å²) in [5.41, 5.74) is 2.14. The summed E-state index contributed by atoms with van der Waals surface area (Å²) in [4.78, 5) is 4.14. The van der Waals surface area contributed by atoms with E-state index in [1.807, 2.05) is 25.1 Å². The third-order valence-corrected chi connectivity index (χ3v) is 4.45. The summed E-state index contributed by atoms with van der Waals surface area (Å²) in [5, 5.41) is 6.32. The van der Waals surface area contributed by atoms with E-state index in [1.54, 1.807) is 14.2 Å². The molecule has 0 atom stereocenters. The molecule has 0 aliphatic heterocycles. The van der Waals surface area contributed by atoms with Crippen molar-refractivity contribution >= 4 is 15.8 Å². The number of nitrogens with zero attached hydrogens (tertiary/aromatic N) is 1. The second-order valence-corrected chi connectivity index (χ2v) is 8.05. The van der Waals surface area contributed by atoms with E-state index in [9.17, 15) is 8.42 Å². The van der Waals surface area contributed by atoms with Crippen molar-refractivity contribution in [1.29, 1.82) is 0 Å². The number of sulfone groups is 1. The summed E-state index contributed by atoms with van der Waals surface area (Å²) in [7, 11) is 0.386. The maximum atomic E-state index is 11.1. The van der Waals surface area contributed by atoms with Crippen LogP contribution in [0.15, 0.2) is 23.2 Å². The molecule has 25 heavy (non-hydrogen) atoms. The number of aliphatic imine (C=N–C) groups is 1. The molecule has 8 heteroatoms. The first kappa shape index (κ1) is 21.2. The van der Waals surface area contributed by atoms with Gasteiger partial charge in [0, 0.05) is 39.1 Å². The van der Waals surface area contributed by atoms with E-state index in [4.69, 9.17) is 9.47 Å². The average Bonchev–Trinajstić information content (AvgIpc) is 2.55. The molecular weight excluding hydrogens is 342 g/mol. The van der Waals surface area contributed by atoms with E-state index in [1.165, 1.54) is 6.26 Å². The van der Waals surface area contributed by atoms with Crippen LogP contribution in [0.1, 0.15) is 17.5 Å². The molecule has 0 radical (unpaired) electrons. The van der Waals surface area contributed by atoms with E-state index in [0.717, 1.165) is 16.9 Å². The van der Waals surface area contributed by atoms with E-state index in [0.29, 0.717) is 38.7 Å². The molecule has 0 saturated carbocycles. The van der Waals surface area contributed by atoms with Crippen molar-refractivity contribution in [1.82, 2.24) is 10.6 Å². The lowest BCUT2D eigenvalue weighted by Gasteiger charge is -2.15. The van der Waals surface area contributed by atoms with Crippen LogP contribution in [0.5, 0.6) is 5.75 Å². The van der Waals surface area contributed by atoms with E-state index in [-0.39, 0.29) is 5.75 Å². The van der Waals surface area contributed by atoms with Crippen molar-refractivity contribution in [2.45, 2.75) is 19.9 Å². The minimum Gasteiger partial charge on any atom is -0.491 e. The van der Waals surface area contributed by atoms with E-state index < -0.39 is 9.84 Å². The Bertz CT molecular complexity index is 660. The van der Waals surface area contributed by atoms with Crippen molar-refractivity contribution in [2.24, 2.45) is 4.99 Å². The first-order valence-corrected chi connectivity index (χ1v) is 10.3. The third-order valence-electron chi connectivity index (χ3n) is 3.42. The second-order valence-electron chi connectivity index (χ2n) is 5.79. The fourth-order valence-corrected chi connectivity index (χ4v) is 2.79. The number of methoxy groups -OCH3 is 1. The van der Waals surface area contributed by atoms with Gasteiger partial charge in [0.2, 0.25) is 0 Å². The lowest BCUT2D eigenvalue weighted by molar-refractivity contribution is 0.145. The molecule has 0 amide bonds. The van der Waals surface area contributed by atoms with Crippen LogP contribution in [0.2, 0.25) is 0 Å². The Labute approximate surface area is 150 Å². The highest BCUT2D eigenvalue weighted by Gasteiger charge is 2.07. The summed E-state index contributed by atoms with van der Waals surface area (Å²) in [6.07, 6.45) is 1.78. The number of aryl methyl sites for hydroxylation is 1. The molecule has 0 heterocycles. The van der Waals surface area contributed by atoms with Gasteiger partial charge in [0.1, 0.15) is 22.2 Å². The van der Waals surface area contributed by atoms with Gasteiger partial charge in [0.05, 0.1) is 12.4 Å². The van der Waals surface area contributed by atoms with Gasteiger partial charge >= 0.3 is 0 Å². The van der Waals surface area contributed by atoms with Gasteiger partial charge in [-0.25, -0.2) is 8.42 Å². The number of rotatable bonds is 10. The molecule has 1 rings (SSSR count). The molecule has 0 aromatic heterocycles. The minimum absolute atomic E-state index is 0.159. The van der Waals surface area contributed by atoms with Crippen molar-refractivity contribution < 1.29 is 17.9 Å². The first-order chi connectivity index (χ1) is 11.9. The van der Waals surface area contributed by atoms with Crippen LogP contribution in [0.3, 0.4) is 0 Å². The van der Waals surface area contributed by atoms with Crippen LogP contribution in [0, 0.1) is 6.92 Å². The number of hydrogen-bond acceptors (Lipinski definition) is 5. The summed E-state index contributed by atoms with van der Waals surface area (Å²) in [6.45, 7) is 4.13. The average molecular weight is 372 g/mol. The first-order valence-electron chi connectivity index (χ1n) is 8.19. The SMILES string of the molecule is CN=C(NCCCS(C)(=O)=O)NCc1ccc(C)cc1OCCOC. The van der Waals surface area contributed by atoms with Gasteiger partial charge in [0.15, 0.2) is 5.96 Å². The van der Waals surface area contributed by atoms with Crippen LogP contribution in [-0.4, -0.2) is 60.3 Å². The quantitative estimate of drug-likeness (QED) is 0.364. The topological polar surface area (TPSA) is 89.0 Å². The molecule has 2 N–H and O–H groups in total. The zero-order valence-electron chi connectivity index (χ0n) is 15.5. The maximum Gasteiger partial charge on any atom is 0.191 e. The summed E-state index contributed by atoms with van der Waals surface area (Å²) in [5.74, 6) is 1.60. The Kier molecular flexibility index (Phi) is 9.30. The Balaban J connectivity index is 2.54. The van der Waals surface area contributed by atoms with Gasteiger partial charge in [-0.3, -0.25) is 4.99 Å². The second kappa shape index (κ2) is 10.9. The van der Waals surface area contributed by atoms with Crippen molar-refractivity contribution in [3.05, 3.63) is 29.3 Å². The van der Waals surface area contributed by atoms with Crippen LogP contribution in [0.25, 0.3) is 0 Å². The Morgan fingerprint density at radius 2 is 2.00 bits per heavy atom. The van der Waals surface area contributed by atoms with Crippen molar-refractivity contribution in [2.75, 3.05) is 45.9 Å². The Hall–Kier alpha value is -1.80. The van der Waals surface area contributed by atoms with Gasteiger partial charge in [-0.1, -0.05) is 12.1 Å². The summed E-state index contributed by atoms with van der Waals surface area (Å²) < 4.78 is 33.0. The molecule has 0 spiro atoms. The third kappa shape index (κ3) is 9.31. The van der Waals surface area contributed by atoms with Gasteiger partial charge in [-0.05, 0) is 25.0 Å². The van der Waals surface area contributed by atoms with Crippen molar-refractivity contribution in [3.8, 4) is 5.75 Å². The van der Waals surface area contributed by atoms with Crippen LogP contribution >= 0.6 is 0 Å². The number of hydrogen-bond donors (Lipinski definition) is 2. The molecule has 142 valence electrons. The highest BCUT2D eigenvalue weighted by Crippen LogP contribution is 2.20. The van der Waals surface area contributed by atoms with E-state index in [2.05, 4.69) is 15.6 Å². The highest BCUT2D eigenvalue weighted by molar-refractivity contribution is 7.90. The zero-order chi connectivity index (χ0) is 18.7. The standard InChI is InChI=1S/C17H29N3O4S/c1-14-6-7-15(16(12-14)24-10-9-23-3)13-20-17(18-2)19-8-5-11-25(4,21)22/h6-7,12H,5,8-11,13H2,1-4H3,(H2,18,19,20). The summed E-state index contributed by atoms with van der Waals surface area (Å²) >= 11 is 0. The fourth-order valence-electron chi connectivity index (χ4n) is 2.12. The zero-order valence-corrected chi connectivity index (χ0v) is 16.3. The predicted molar refractivity (Wildman–Crippen MR) is 101 cm³/mol. The maximum absolute atomic E-state index is 11.1. The molecule has 0 unspecified atom stereocenters. The smallest absolute Gasteiger partial charge is 0.191 e. The normalized spacial score (nSPS) is 12.1. The Morgan fingerprint density at radius 3 is 2.64 bits per heavy atom. The predicted octanol–water partition coefficient (Wildman–Crippen LogP) is 1.12. The molecule has 0 aliphatic carbocycles. The molecular formula is C17H29N3O4S. The molecule has 1 aromatic rings. The number of guanidine groups is 1. The lowest BCUT2D eigenvalue weighted by Crippen LogP contribution is -2.37. The Morgan fingerprint density at radius 1 is 1.24 bits per heavy atom. The molecule has 0 fully saturated rings. The van der Waals surface area contributed by atoms with Gasteiger partial charge in [-0.2, -0.15) is 0 Å². The van der Waals surface area contributed by atoms with Gasteiger partial charge in [0.25, 0.3) is 0 Å². The number of ether oxygens (including phenoxy) is 2. The molecule has 0 bridgehead atoms. The fraction of sp³-hybridized carbons (Fsp3) is 0.588. The van der Waals surface area contributed by atoms with E-state index >= 15 is 0 Å². The van der Waals surface area contributed by atoms with Crippen LogP contribution in [-0.2, 0) is 21.1 Å². The highest BCUT2D eigenvalue weighted by atomic mass is 32.2. The number of nitrogens with one attached hydrogen (secondary N) is 2. The van der Waals surface area contributed by atoms with Crippen LogP contribution in [0.4, 0.5) is 0 Å². The van der Waals surface area contributed by atoms with Gasteiger partial charge in [-0.15, -0.1) is 0 Å². The molecule has 1 aromatic carbocycles. The minimum atomic E-state index is -2.93. The largest absolute Gasteiger partial charge is 0.491 e. The molecule has 7 nitrogen and oxygen atoms in total. The molecule has 0 saturated heterocycles. The lowest BCUT2D eigenvalue weighted by atomic mass is 10.1. The molecule has 0 aliphatic rings. The van der Waals surface area contributed by atoms with Crippen LogP contribution < -0.4 is 15.4 Å².